The Morgan fingerprint density at radius 3 is 3.00 bits per heavy atom. The Balaban J connectivity index is 1.90. The SMILES string of the molecule is CSCC[C@@H](NC(C)=O)C(=O)N1CC[C@@H](Oc2cnccn2)C1. The molecule has 2 heterocycles. The van der Waals surface area contributed by atoms with Gasteiger partial charge in [-0.15, -0.1) is 0 Å². The van der Waals surface area contributed by atoms with Gasteiger partial charge in [-0.05, 0) is 18.4 Å². The largest absolute Gasteiger partial charge is 0.471 e. The topological polar surface area (TPSA) is 84.4 Å². The fourth-order valence-electron chi connectivity index (χ4n) is 2.50. The maximum atomic E-state index is 12.6. The molecule has 1 aromatic heterocycles. The minimum Gasteiger partial charge on any atom is -0.471 e. The van der Waals surface area contributed by atoms with E-state index in [0.717, 1.165) is 12.2 Å². The first-order chi connectivity index (χ1) is 11.1. The molecule has 0 spiro atoms. The van der Waals surface area contributed by atoms with Crippen LogP contribution in [0.4, 0.5) is 0 Å². The van der Waals surface area contributed by atoms with Gasteiger partial charge < -0.3 is 15.0 Å². The van der Waals surface area contributed by atoms with Crippen molar-refractivity contribution in [1.82, 2.24) is 20.2 Å². The highest BCUT2D eigenvalue weighted by Gasteiger charge is 2.32. The van der Waals surface area contributed by atoms with E-state index in [1.54, 1.807) is 35.3 Å². The molecule has 2 amide bonds. The van der Waals surface area contributed by atoms with Crippen molar-refractivity contribution >= 4 is 23.6 Å². The van der Waals surface area contributed by atoms with Crippen LogP contribution in [0.25, 0.3) is 0 Å². The number of hydrogen-bond acceptors (Lipinski definition) is 6. The molecule has 1 fully saturated rings. The molecule has 0 bridgehead atoms. The summed E-state index contributed by atoms with van der Waals surface area (Å²) in [5.41, 5.74) is 0. The van der Waals surface area contributed by atoms with Crippen LogP contribution in [0.5, 0.6) is 5.88 Å². The van der Waals surface area contributed by atoms with Crippen molar-refractivity contribution in [2.24, 2.45) is 0 Å². The zero-order valence-electron chi connectivity index (χ0n) is 13.4. The first-order valence-corrected chi connectivity index (χ1v) is 8.97. The van der Waals surface area contributed by atoms with Crippen LogP contribution in [0.1, 0.15) is 19.8 Å². The Morgan fingerprint density at radius 2 is 2.35 bits per heavy atom. The Kier molecular flexibility index (Phi) is 6.64. The van der Waals surface area contributed by atoms with Crippen LogP contribution < -0.4 is 10.1 Å². The fourth-order valence-corrected chi connectivity index (χ4v) is 2.97. The van der Waals surface area contributed by atoms with Gasteiger partial charge in [-0.2, -0.15) is 11.8 Å². The molecule has 0 aromatic carbocycles. The van der Waals surface area contributed by atoms with E-state index in [0.29, 0.717) is 25.4 Å². The number of carbonyl (C=O) groups excluding carboxylic acids is 2. The Hall–Kier alpha value is -1.83. The third-order valence-corrected chi connectivity index (χ3v) is 4.21. The number of likely N-dealkylation sites (tertiary alicyclic amines) is 1. The number of carbonyl (C=O) groups is 2. The number of ether oxygens (including phenoxy) is 1. The van der Waals surface area contributed by atoms with E-state index in [-0.39, 0.29) is 17.9 Å². The highest BCUT2D eigenvalue weighted by molar-refractivity contribution is 7.98. The number of nitrogens with one attached hydrogen (secondary N) is 1. The summed E-state index contributed by atoms with van der Waals surface area (Å²) in [7, 11) is 0. The molecule has 1 aromatic rings. The second-order valence-electron chi connectivity index (χ2n) is 5.39. The molecule has 1 N–H and O–H groups in total. The summed E-state index contributed by atoms with van der Waals surface area (Å²) in [5.74, 6) is 1.06. The predicted molar refractivity (Wildman–Crippen MR) is 88.2 cm³/mol. The van der Waals surface area contributed by atoms with Crippen molar-refractivity contribution in [3.63, 3.8) is 0 Å². The van der Waals surface area contributed by atoms with Gasteiger partial charge in [0.2, 0.25) is 17.7 Å². The average Bonchev–Trinajstić information content (AvgIpc) is 3.00. The van der Waals surface area contributed by atoms with E-state index in [1.165, 1.54) is 6.92 Å². The van der Waals surface area contributed by atoms with Crippen molar-refractivity contribution in [1.29, 1.82) is 0 Å². The van der Waals surface area contributed by atoms with Crippen molar-refractivity contribution in [3.8, 4) is 5.88 Å². The van der Waals surface area contributed by atoms with Crippen molar-refractivity contribution in [2.45, 2.75) is 31.9 Å². The van der Waals surface area contributed by atoms with Gasteiger partial charge >= 0.3 is 0 Å². The highest BCUT2D eigenvalue weighted by atomic mass is 32.2. The van der Waals surface area contributed by atoms with Gasteiger partial charge in [0.15, 0.2) is 0 Å². The molecule has 0 radical (unpaired) electrons. The number of aromatic nitrogens is 2. The Bertz CT molecular complexity index is 529. The lowest BCUT2D eigenvalue weighted by molar-refractivity contribution is -0.135. The molecule has 0 aliphatic carbocycles. The molecule has 23 heavy (non-hydrogen) atoms. The molecule has 2 rings (SSSR count). The minimum absolute atomic E-state index is 0.0421. The third-order valence-electron chi connectivity index (χ3n) is 3.57. The quantitative estimate of drug-likeness (QED) is 0.788. The third kappa shape index (κ3) is 5.38. The number of hydrogen-bond donors (Lipinski definition) is 1. The van der Waals surface area contributed by atoms with Crippen LogP contribution >= 0.6 is 11.8 Å². The summed E-state index contributed by atoms with van der Waals surface area (Å²) in [6.45, 7) is 2.56. The van der Waals surface area contributed by atoms with Crippen molar-refractivity contribution in [3.05, 3.63) is 18.6 Å². The van der Waals surface area contributed by atoms with E-state index in [1.807, 2.05) is 6.26 Å². The van der Waals surface area contributed by atoms with Gasteiger partial charge in [-0.25, -0.2) is 4.98 Å². The average molecular weight is 338 g/mol. The lowest BCUT2D eigenvalue weighted by atomic mass is 10.2. The molecule has 0 saturated carbocycles. The monoisotopic (exact) mass is 338 g/mol. The van der Waals surface area contributed by atoms with Gasteiger partial charge in [-0.3, -0.25) is 14.6 Å². The van der Waals surface area contributed by atoms with Crippen LogP contribution in [0, 0.1) is 0 Å². The van der Waals surface area contributed by atoms with E-state index in [9.17, 15) is 9.59 Å². The first kappa shape index (κ1) is 17.5. The molecule has 7 nitrogen and oxygen atoms in total. The van der Waals surface area contributed by atoms with Crippen molar-refractivity contribution < 1.29 is 14.3 Å². The standard InChI is InChI=1S/C15H22N4O3S/c1-11(20)18-13(4-8-23-2)15(21)19-7-3-12(10-19)22-14-9-16-5-6-17-14/h5-6,9,12-13H,3-4,7-8,10H2,1-2H3,(H,18,20)/t12-,13-/m1/s1. The maximum Gasteiger partial charge on any atom is 0.245 e. The summed E-state index contributed by atoms with van der Waals surface area (Å²) < 4.78 is 5.74. The van der Waals surface area contributed by atoms with E-state index < -0.39 is 6.04 Å². The second-order valence-corrected chi connectivity index (χ2v) is 6.38. The van der Waals surface area contributed by atoms with Crippen LogP contribution in [-0.4, -0.2) is 63.9 Å². The number of rotatable bonds is 7. The summed E-state index contributed by atoms with van der Waals surface area (Å²) >= 11 is 1.66. The molecule has 1 aliphatic rings. The lowest BCUT2D eigenvalue weighted by Gasteiger charge is -2.23. The van der Waals surface area contributed by atoms with E-state index >= 15 is 0 Å². The zero-order valence-corrected chi connectivity index (χ0v) is 14.2. The zero-order chi connectivity index (χ0) is 16.7. The summed E-state index contributed by atoms with van der Waals surface area (Å²) in [6, 6.07) is -0.463. The minimum atomic E-state index is -0.463. The van der Waals surface area contributed by atoms with E-state index in [2.05, 4.69) is 15.3 Å². The van der Waals surface area contributed by atoms with Crippen LogP contribution in [0.15, 0.2) is 18.6 Å². The number of thioether (sulfide) groups is 1. The van der Waals surface area contributed by atoms with Crippen LogP contribution in [0.3, 0.4) is 0 Å². The molecule has 1 aliphatic heterocycles. The van der Waals surface area contributed by atoms with Crippen LogP contribution in [0.2, 0.25) is 0 Å². The molecular weight excluding hydrogens is 316 g/mol. The van der Waals surface area contributed by atoms with E-state index in [4.69, 9.17) is 4.74 Å². The van der Waals surface area contributed by atoms with Crippen molar-refractivity contribution in [2.75, 3.05) is 25.1 Å². The highest BCUT2D eigenvalue weighted by Crippen LogP contribution is 2.17. The number of nitrogens with zero attached hydrogens (tertiary/aromatic N) is 3. The molecule has 1 saturated heterocycles. The number of amides is 2. The van der Waals surface area contributed by atoms with Gasteiger partial charge in [0.1, 0.15) is 12.1 Å². The maximum absolute atomic E-state index is 12.6. The predicted octanol–water partition coefficient (Wildman–Crippen LogP) is 0.714. The summed E-state index contributed by atoms with van der Waals surface area (Å²) in [5, 5.41) is 2.75. The van der Waals surface area contributed by atoms with Gasteiger partial charge in [-0.1, -0.05) is 0 Å². The summed E-state index contributed by atoms with van der Waals surface area (Å²) in [6.07, 6.45) is 7.99. The molecular formula is C15H22N4O3S. The molecule has 126 valence electrons. The first-order valence-electron chi connectivity index (χ1n) is 7.57. The fraction of sp³-hybridized carbons (Fsp3) is 0.600. The second kappa shape index (κ2) is 8.71. The Morgan fingerprint density at radius 1 is 1.52 bits per heavy atom. The van der Waals surface area contributed by atoms with Gasteiger partial charge in [0, 0.05) is 32.3 Å². The smallest absolute Gasteiger partial charge is 0.245 e. The van der Waals surface area contributed by atoms with Crippen LogP contribution in [-0.2, 0) is 9.59 Å². The molecule has 0 unspecified atom stereocenters. The lowest BCUT2D eigenvalue weighted by Crippen LogP contribution is -2.48. The van der Waals surface area contributed by atoms with Gasteiger partial charge in [0.05, 0.1) is 12.7 Å². The summed E-state index contributed by atoms with van der Waals surface area (Å²) in [4.78, 5) is 33.7. The van der Waals surface area contributed by atoms with Gasteiger partial charge in [0.25, 0.3) is 0 Å². The normalized spacial score (nSPS) is 18.5. The Labute approximate surface area is 140 Å². The molecule has 2 atom stereocenters. The molecule has 8 heteroatoms.